The molecule has 2 aromatic rings. The molecule has 2 aromatic carbocycles. The Morgan fingerprint density at radius 2 is 1.71 bits per heavy atom. The molecule has 21 heavy (non-hydrogen) atoms. The summed E-state index contributed by atoms with van der Waals surface area (Å²) < 4.78 is 26.7. The van der Waals surface area contributed by atoms with Crippen LogP contribution in [0.5, 0.6) is 0 Å². The monoisotopic (exact) mass is 325 g/mol. The summed E-state index contributed by atoms with van der Waals surface area (Å²) in [5.74, 6) is -0.628. The van der Waals surface area contributed by atoms with E-state index >= 15 is 0 Å². The first-order valence-corrected chi connectivity index (χ1v) is 7.63. The van der Waals surface area contributed by atoms with Crippen molar-refractivity contribution in [2.45, 2.75) is 4.90 Å². The van der Waals surface area contributed by atoms with Crippen LogP contribution in [0, 0.1) is 0 Å². The summed E-state index contributed by atoms with van der Waals surface area (Å²) in [6, 6.07) is 9.67. The van der Waals surface area contributed by atoms with Gasteiger partial charge >= 0.3 is 0 Å². The van der Waals surface area contributed by atoms with E-state index in [9.17, 15) is 13.2 Å². The average molecular weight is 326 g/mol. The number of benzene rings is 2. The minimum Gasteiger partial charge on any atom is -0.398 e. The molecular weight excluding hydrogens is 314 g/mol. The fourth-order valence-corrected chi connectivity index (χ4v) is 2.83. The van der Waals surface area contributed by atoms with Crippen molar-refractivity contribution in [2.24, 2.45) is 5.73 Å². The summed E-state index contributed by atoms with van der Waals surface area (Å²) in [4.78, 5) is 11.0. The van der Waals surface area contributed by atoms with Crippen molar-refractivity contribution in [3.63, 3.8) is 0 Å². The number of anilines is 2. The minimum absolute atomic E-state index is 0.000414. The Morgan fingerprint density at radius 1 is 1.10 bits per heavy atom. The lowest BCUT2D eigenvalue weighted by molar-refractivity contribution is 0.1000. The quantitative estimate of drug-likeness (QED) is 0.743. The third-order valence-electron chi connectivity index (χ3n) is 2.70. The number of primary amides is 1. The first kappa shape index (κ1) is 15.1. The number of carbonyl (C=O) groups excluding carboxylic acids is 1. The summed E-state index contributed by atoms with van der Waals surface area (Å²) >= 11 is 5.83. The third-order valence-corrected chi connectivity index (χ3v) is 4.43. The van der Waals surface area contributed by atoms with Crippen molar-refractivity contribution in [3.05, 3.63) is 53.1 Å². The Balaban J connectivity index is 2.29. The van der Waals surface area contributed by atoms with Gasteiger partial charge in [0, 0.05) is 5.56 Å². The van der Waals surface area contributed by atoms with E-state index in [2.05, 4.69) is 4.72 Å². The normalized spacial score (nSPS) is 11.1. The highest BCUT2D eigenvalue weighted by Gasteiger charge is 2.15. The van der Waals surface area contributed by atoms with Crippen molar-refractivity contribution < 1.29 is 13.2 Å². The van der Waals surface area contributed by atoms with Gasteiger partial charge in [-0.1, -0.05) is 11.6 Å². The van der Waals surface area contributed by atoms with E-state index in [1.54, 1.807) is 0 Å². The summed E-state index contributed by atoms with van der Waals surface area (Å²) in [6.07, 6.45) is 0. The summed E-state index contributed by atoms with van der Waals surface area (Å²) in [5.41, 5.74) is 11.5. The van der Waals surface area contributed by atoms with Crippen LogP contribution in [0.3, 0.4) is 0 Å². The van der Waals surface area contributed by atoms with Crippen molar-refractivity contribution in [1.29, 1.82) is 0 Å². The number of nitrogen functional groups attached to an aromatic ring is 1. The molecule has 0 heterocycles. The summed E-state index contributed by atoms with van der Waals surface area (Å²) in [6.45, 7) is 0. The fraction of sp³-hybridized carbons (Fsp3) is 0. The van der Waals surface area contributed by atoms with Gasteiger partial charge < -0.3 is 11.5 Å². The van der Waals surface area contributed by atoms with Crippen molar-refractivity contribution in [1.82, 2.24) is 0 Å². The average Bonchev–Trinajstić information content (AvgIpc) is 2.43. The Hall–Kier alpha value is -2.25. The molecule has 0 fully saturated rings. The lowest BCUT2D eigenvalue weighted by Gasteiger charge is -2.09. The maximum atomic E-state index is 12.2. The van der Waals surface area contributed by atoms with E-state index in [1.807, 2.05) is 0 Å². The molecular formula is C13H12ClN3O3S. The van der Waals surface area contributed by atoms with Crippen molar-refractivity contribution in [3.8, 4) is 0 Å². The Bertz CT molecular complexity index is 789. The summed E-state index contributed by atoms with van der Waals surface area (Å²) in [5, 5.41) is 0.249. The molecule has 0 bridgehead atoms. The number of hydrogen-bond donors (Lipinski definition) is 3. The van der Waals surface area contributed by atoms with Crippen LogP contribution >= 0.6 is 11.6 Å². The van der Waals surface area contributed by atoms with E-state index in [0.717, 1.165) is 0 Å². The van der Waals surface area contributed by atoms with Gasteiger partial charge in [0.15, 0.2) is 0 Å². The number of halogens is 1. The molecule has 0 aliphatic rings. The Kier molecular flexibility index (Phi) is 4.06. The van der Waals surface area contributed by atoms with Gasteiger partial charge in [-0.15, -0.1) is 0 Å². The van der Waals surface area contributed by atoms with Crippen molar-refractivity contribution in [2.75, 3.05) is 10.5 Å². The van der Waals surface area contributed by atoms with Crippen LogP contribution in [0.15, 0.2) is 47.4 Å². The smallest absolute Gasteiger partial charge is 0.261 e. The van der Waals surface area contributed by atoms with Gasteiger partial charge in [-0.25, -0.2) is 8.42 Å². The zero-order valence-corrected chi connectivity index (χ0v) is 12.3. The number of carbonyl (C=O) groups is 1. The first-order chi connectivity index (χ1) is 9.79. The van der Waals surface area contributed by atoms with Crippen LogP contribution in [0.2, 0.25) is 5.02 Å². The molecule has 0 saturated carbocycles. The van der Waals surface area contributed by atoms with E-state index in [4.69, 9.17) is 23.1 Å². The first-order valence-electron chi connectivity index (χ1n) is 5.77. The van der Waals surface area contributed by atoms with Crippen molar-refractivity contribution >= 4 is 38.9 Å². The van der Waals surface area contributed by atoms with Gasteiger partial charge in [0.25, 0.3) is 10.0 Å². The van der Waals surface area contributed by atoms with Gasteiger partial charge in [-0.3, -0.25) is 9.52 Å². The van der Waals surface area contributed by atoms with Crippen LogP contribution in [0.4, 0.5) is 11.4 Å². The molecule has 0 aromatic heterocycles. The highest BCUT2D eigenvalue weighted by molar-refractivity contribution is 7.92. The molecule has 0 aliphatic carbocycles. The van der Waals surface area contributed by atoms with Gasteiger partial charge in [0.1, 0.15) is 0 Å². The Morgan fingerprint density at radius 3 is 2.24 bits per heavy atom. The number of hydrogen-bond acceptors (Lipinski definition) is 4. The van der Waals surface area contributed by atoms with Gasteiger partial charge in [0.2, 0.25) is 5.91 Å². The van der Waals surface area contributed by atoms with Crippen LogP contribution in [-0.4, -0.2) is 14.3 Å². The molecule has 6 nitrogen and oxygen atoms in total. The second-order valence-corrected chi connectivity index (χ2v) is 6.32. The fourth-order valence-electron chi connectivity index (χ4n) is 1.60. The standard InChI is InChI=1S/C13H12ClN3O3S/c14-11-7-9(3-6-12(11)15)17-21(19,20)10-4-1-8(2-5-10)13(16)18/h1-7,17H,15H2,(H2,16,18). The van der Waals surface area contributed by atoms with E-state index in [-0.39, 0.29) is 21.2 Å². The maximum absolute atomic E-state index is 12.2. The molecule has 110 valence electrons. The molecule has 1 amide bonds. The van der Waals surface area contributed by atoms with E-state index in [1.165, 1.54) is 42.5 Å². The molecule has 2 rings (SSSR count). The van der Waals surface area contributed by atoms with E-state index < -0.39 is 15.9 Å². The number of rotatable bonds is 4. The molecule has 5 N–H and O–H groups in total. The summed E-state index contributed by atoms with van der Waals surface area (Å²) in [7, 11) is -3.79. The zero-order chi connectivity index (χ0) is 15.6. The highest BCUT2D eigenvalue weighted by atomic mass is 35.5. The SMILES string of the molecule is NC(=O)c1ccc(S(=O)(=O)Nc2ccc(N)c(Cl)c2)cc1. The number of nitrogens with two attached hydrogens (primary N) is 2. The van der Waals surface area contributed by atoms with Crippen LogP contribution in [-0.2, 0) is 10.0 Å². The van der Waals surface area contributed by atoms with Gasteiger partial charge in [-0.2, -0.15) is 0 Å². The van der Waals surface area contributed by atoms with Crippen LogP contribution in [0.1, 0.15) is 10.4 Å². The van der Waals surface area contributed by atoms with E-state index in [0.29, 0.717) is 5.69 Å². The maximum Gasteiger partial charge on any atom is 0.261 e. The lowest BCUT2D eigenvalue weighted by Crippen LogP contribution is -2.14. The second-order valence-electron chi connectivity index (χ2n) is 4.23. The third kappa shape index (κ3) is 3.45. The molecule has 0 unspecified atom stereocenters. The highest BCUT2D eigenvalue weighted by Crippen LogP contribution is 2.24. The largest absolute Gasteiger partial charge is 0.398 e. The Labute approximate surface area is 126 Å². The molecule has 0 spiro atoms. The number of nitrogens with one attached hydrogen (secondary N) is 1. The van der Waals surface area contributed by atoms with Crippen LogP contribution < -0.4 is 16.2 Å². The van der Waals surface area contributed by atoms with Crippen LogP contribution in [0.25, 0.3) is 0 Å². The topological polar surface area (TPSA) is 115 Å². The molecule has 0 atom stereocenters. The molecule has 8 heteroatoms. The predicted molar refractivity (Wildman–Crippen MR) is 81.6 cm³/mol. The second kappa shape index (κ2) is 5.63. The molecule has 0 aliphatic heterocycles. The van der Waals surface area contributed by atoms with Gasteiger partial charge in [0.05, 0.1) is 21.3 Å². The lowest BCUT2D eigenvalue weighted by atomic mass is 10.2. The number of amides is 1. The van der Waals surface area contributed by atoms with Gasteiger partial charge in [-0.05, 0) is 42.5 Å². The predicted octanol–water partition coefficient (Wildman–Crippen LogP) is 1.82. The number of sulfonamides is 1. The molecule has 0 radical (unpaired) electrons. The molecule has 0 saturated heterocycles. The minimum atomic E-state index is -3.79. The zero-order valence-electron chi connectivity index (χ0n) is 10.7.